The summed E-state index contributed by atoms with van der Waals surface area (Å²) in [7, 11) is 0. The molecule has 0 aliphatic rings. The number of halogens is 1. The van der Waals surface area contributed by atoms with E-state index in [9.17, 15) is 19.7 Å². The molecule has 148 valence electrons. The van der Waals surface area contributed by atoms with E-state index in [1.165, 1.54) is 12.1 Å². The molecule has 11 heteroatoms. The third-order valence-electron chi connectivity index (χ3n) is 3.72. The van der Waals surface area contributed by atoms with Crippen molar-refractivity contribution in [2.24, 2.45) is 0 Å². The zero-order valence-corrected chi connectivity index (χ0v) is 16.4. The van der Waals surface area contributed by atoms with E-state index in [0.717, 1.165) is 11.3 Å². The SMILES string of the molecule is O=C(CCCl)Nc1ccc(C(=O)Nc2nnc(-c3ccc([N+](=O)[O-])cc3)s2)cc1. The second kappa shape index (κ2) is 9.22. The van der Waals surface area contributed by atoms with Gasteiger partial charge in [-0.2, -0.15) is 0 Å². The molecule has 0 unspecified atom stereocenters. The summed E-state index contributed by atoms with van der Waals surface area (Å²) in [5.41, 5.74) is 1.58. The maximum atomic E-state index is 12.4. The van der Waals surface area contributed by atoms with Gasteiger partial charge in [0.1, 0.15) is 5.01 Å². The summed E-state index contributed by atoms with van der Waals surface area (Å²) in [6, 6.07) is 12.3. The van der Waals surface area contributed by atoms with Crippen molar-refractivity contribution in [2.45, 2.75) is 6.42 Å². The van der Waals surface area contributed by atoms with Gasteiger partial charge < -0.3 is 5.32 Å². The second-order valence-electron chi connectivity index (χ2n) is 5.73. The third-order valence-corrected chi connectivity index (χ3v) is 4.80. The molecule has 0 fully saturated rings. The quantitative estimate of drug-likeness (QED) is 0.331. The fraction of sp³-hybridized carbons (Fsp3) is 0.111. The number of carbonyl (C=O) groups excluding carboxylic acids is 2. The lowest BCUT2D eigenvalue weighted by Crippen LogP contribution is -2.13. The molecule has 0 saturated heterocycles. The number of nitro benzene ring substituents is 1. The van der Waals surface area contributed by atoms with E-state index in [0.29, 0.717) is 27.0 Å². The number of carbonyl (C=O) groups is 2. The van der Waals surface area contributed by atoms with Gasteiger partial charge in [0.2, 0.25) is 11.0 Å². The molecule has 0 aliphatic heterocycles. The first kappa shape index (κ1) is 20.4. The maximum Gasteiger partial charge on any atom is 0.269 e. The summed E-state index contributed by atoms with van der Waals surface area (Å²) < 4.78 is 0. The smallest absolute Gasteiger partial charge is 0.269 e. The monoisotopic (exact) mass is 431 g/mol. The molecule has 2 amide bonds. The van der Waals surface area contributed by atoms with Gasteiger partial charge in [-0.25, -0.2) is 0 Å². The molecule has 0 aliphatic carbocycles. The van der Waals surface area contributed by atoms with Crippen LogP contribution in [-0.2, 0) is 4.79 Å². The number of hydrogen-bond acceptors (Lipinski definition) is 7. The Morgan fingerprint density at radius 2 is 1.72 bits per heavy atom. The lowest BCUT2D eigenvalue weighted by atomic mass is 10.2. The van der Waals surface area contributed by atoms with Crippen LogP contribution in [0, 0.1) is 10.1 Å². The van der Waals surface area contributed by atoms with Crippen LogP contribution in [0.1, 0.15) is 16.8 Å². The second-order valence-corrected chi connectivity index (χ2v) is 7.09. The lowest BCUT2D eigenvalue weighted by Gasteiger charge is -2.05. The highest BCUT2D eigenvalue weighted by Gasteiger charge is 2.13. The van der Waals surface area contributed by atoms with E-state index >= 15 is 0 Å². The van der Waals surface area contributed by atoms with Crippen molar-refractivity contribution in [1.82, 2.24) is 10.2 Å². The Kier molecular flexibility index (Phi) is 6.47. The highest BCUT2D eigenvalue weighted by atomic mass is 35.5. The van der Waals surface area contributed by atoms with Gasteiger partial charge >= 0.3 is 0 Å². The van der Waals surface area contributed by atoms with E-state index < -0.39 is 4.92 Å². The molecule has 3 aromatic rings. The van der Waals surface area contributed by atoms with Crippen LogP contribution in [0.2, 0.25) is 0 Å². The van der Waals surface area contributed by atoms with Gasteiger partial charge in [0, 0.05) is 41.2 Å². The van der Waals surface area contributed by atoms with Gasteiger partial charge in [0.25, 0.3) is 11.6 Å². The Morgan fingerprint density at radius 3 is 2.34 bits per heavy atom. The van der Waals surface area contributed by atoms with Gasteiger partial charge in [-0.3, -0.25) is 25.0 Å². The number of aromatic nitrogens is 2. The number of amides is 2. The van der Waals surface area contributed by atoms with Crippen LogP contribution in [0.3, 0.4) is 0 Å². The van der Waals surface area contributed by atoms with Crippen molar-refractivity contribution in [3.63, 3.8) is 0 Å². The standard InChI is InChI=1S/C18H14ClN5O4S/c19-10-9-15(25)20-13-5-1-11(2-6-13)16(26)21-18-23-22-17(29-18)12-3-7-14(8-4-12)24(27)28/h1-8H,9-10H2,(H,20,25)(H,21,23,26). The number of nitro groups is 1. The van der Waals surface area contributed by atoms with Crippen LogP contribution in [-0.4, -0.2) is 32.8 Å². The molecule has 2 aromatic carbocycles. The van der Waals surface area contributed by atoms with Gasteiger partial charge in [-0.15, -0.1) is 21.8 Å². The Balaban J connectivity index is 1.64. The molecule has 1 aromatic heterocycles. The van der Waals surface area contributed by atoms with E-state index in [-0.39, 0.29) is 29.8 Å². The van der Waals surface area contributed by atoms with Crippen LogP contribution in [0.5, 0.6) is 0 Å². The van der Waals surface area contributed by atoms with Crippen molar-refractivity contribution in [3.05, 3.63) is 64.2 Å². The van der Waals surface area contributed by atoms with Gasteiger partial charge in [0.05, 0.1) is 4.92 Å². The number of nitrogens with one attached hydrogen (secondary N) is 2. The number of non-ortho nitro benzene ring substituents is 1. The first-order valence-electron chi connectivity index (χ1n) is 8.32. The number of hydrogen-bond donors (Lipinski definition) is 2. The Bertz CT molecular complexity index is 1040. The lowest BCUT2D eigenvalue weighted by molar-refractivity contribution is -0.384. The molecular formula is C18H14ClN5O4S. The minimum Gasteiger partial charge on any atom is -0.326 e. The van der Waals surface area contributed by atoms with E-state index in [2.05, 4.69) is 20.8 Å². The molecule has 0 bridgehead atoms. The highest BCUT2D eigenvalue weighted by Crippen LogP contribution is 2.28. The largest absolute Gasteiger partial charge is 0.326 e. The normalized spacial score (nSPS) is 10.4. The zero-order valence-electron chi connectivity index (χ0n) is 14.8. The molecule has 0 spiro atoms. The first-order chi connectivity index (χ1) is 14.0. The maximum absolute atomic E-state index is 12.4. The van der Waals surface area contributed by atoms with Crippen LogP contribution in [0.4, 0.5) is 16.5 Å². The number of rotatable bonds is 7. The van der Waals surface area contributed by atoms with Crippen LogP contribution in [0.15, 0.2) is 48.5 Å². The van der Waals surface area contributed by atoms with Crippen LogP contribution < -0.4 is 10.6 Å². The summed E-state index contributed by atoms with van der Waals surface area (Å²) in [5, 5.41) is 24.8. The van der Waals surface area contributed by atoms with Gasteiger partial charge in [0.15, 0.2) is 0 Å². The summed E-state index contributed by atoms with van der Waals surface area (Å²) in [5.74, 6) is -0.351. The highest BCUT2D eigenvalue weighted by molar-refractivity contribution is 7.18. The average molecular weight is 432 g/mol. The summed E-state index contributed by atoms with van der Waals surface area (Å²) in [6.07, 6.45) is 0.206. The van der Waals surface area contributed by atoms with Crippen molar-refractivity contribution in [2.75, 3.05) is 16.5 Å². The van der Waals surface area contributed by atoms with Gasteiger partial charge in [-0.1, -0.05) is 11.3 Å². The number of nitrogens with zero attached hydrogens (tertiary/aromatic N) is 3. The number of benzene rings is 2. The number of anilines is 2. The van der Waals surface area contributed by atoms with Crippen molar-refractivity contribution < 1.29 is 14.5 Å². The number of alkyl halides is 1. The first-order valence-corrected chi connectivity index (χ1v) is 9.67. The minimum atomic E-state index is -0.482. The van der Waals surface area contributed by atoms with Gasteiger partial charge in [-0.05, 0) is 36.4 Å². The molecule has 0 saturated carbocycles. The van der Waals surface area contributed by atoms with E-state index in [1.807, 2.05) is 0 Å². The molecule has 0 atom stereocenters. The molecule has 29 heavy (non-hydrogen) atoms. The van der Waals surface area contributed by atoms with E-state index in [4.69, 9.17) is 11.6 Å². The van der Waals surface area contributed by atoms with Crippen molar-refractivity contribution in [3.8, 4) is 10.6 Å². The van der Waals surface area contributed by atoms with Crippen molar-refractivity contribution in [1.29, 1.82) is 0 Å². The fourth-order valence-corrected chi connectivity index (χ4v) is 3.22. The molecule has 9 nitrogen and oxygen atoms in total. The van der Waals surface area contributed by atoms with E-state index in [1.54, 1.807) is 36.4 Å². The van der Waals surface area contributed by atoms with Crippen LogP contribution in [0.25, 0.3) is 10.6 Å². The minimum absolute atomic E-state index is 0.0194. The summed E-state index contributed by atoms with van der Waals surface area (Å²) in [4.78, 5) is 34.1. The molecule has 0 radical (unpaired) electrons. The molecule has 3 rings (SSSR count). The summed E-state index contributed by atoms with van der Waals surface area (Å²) in [6.45, 7) is 0. The topological polar surface area (TPSA) is 127 Å². The van der Waals surface area contributed by atoms with Crippen molar-refractivity contribution >= 4 is 51.3 Å². The molecule has 2 N–H and O–H groups in total. The summed E-state index contributed by atoms with van der Waals surface area (Å²) >= 11 is 6.66. The Labute approximate surface area is 173 Å². The van der Waals surface area contributed by atoms with Crippen LogP contribution >= 0.6 is 22.9 Å². The zero-order chi connectivity index (χ0) is 20.8. The fourth-order valence-electron chi connectivity index (χ4n) is 2.30. The Hall–Kier alpha value is -3.37. The Morgan fingerprint density at radius 1 is 1.03 bits per heavy atom. The molecular weight excluding hydrogens is 418 g/mol. The average Bonchev–Trinajstić information content (AvgIpc) is 3.17. The predicted octanol–water partition coefficient (Wildman–Crippen LogP) is 3.93. The predicted molar refractivity (Wildman–Crippen MR) is 110 cm³/mol. The molecule has 1 heterocycles. The third kappa shape index (κ3) is 5.33.